The van der Waals surface area contributed by atoms with Crippen LogP contribution in [0.3, 0.4) is 0 Å². The lowest BCUT2D eigenvalue weighted by atomic mass is 10.0. The third kappa shape index (κ3) is 4.18. The van der Waals surface area contributed by atoms with Crippen molar-refractivity contribution in [3.8, 4) is 0 Å². The van der Waals surface area contributed by atoms with E-state index >= 15 is 0 Å². The number of amides is 1. The predicted octanol–water partition coefficient (Wildman–Crippen LogP) is 1.08. The lowest BCUT2D eigenvalue weighted by Crippen LogP contribution is -2.36. The molecular weight excluding hydrogens is 234 g/mol. The SMILES string of the molecule is COCC(C)NC(=O)Cc1ccccc1C(=O)O. The maximum Gasteiger partial charge on any atom is 0.335 e. The summed E-state index contributed by atoms with van der Waals surface area (Å²) in [6, 6.07) is 6.39. The molecule has 0 saturated carbocycles. The van der Waals surface area contributed by atoms with Crippen LogP contribution in [0.25, 0.3) is 0 Å². The normalized spacial score (nSPS) is 11.9. The van der Waals surface area contributed by atoms with Crippen LogP contribution in [-0.4, -0.2) is 36.7 Å². The fourth-order valence-electron chi connectivity index (χ4n) is 1.67. The van der Waals surface area contributed by atoms with E-state index in [0.717, 1.165) is 0 Å². The minimum atomic E-state index is -1.02. The van der Waals surface area contributed by atoms with Crippen molar-refractivity contribution < 1.29 is 19.4 Å². The van der Waals surface area contributed by atoms with Crippen molar-refractivity contribution in [1.29, 1.82) is 0 Å². The molecule has 0 saturated heterocycles. The molecule has 1 atom stereocenters. The van der Waals surface area contributed by atoms with E-state index in [9.17, 15) is 9.59 Å². The van der Waals surface area contributed by atoms with Crippen molar-refractivity contribution >= 4 is 11.9 Å². The van der Waals surface area contributed by atoms with Crippen molar-refractivity contribution in [1.82, 2.24) is 5.32 Å². The van der Waals surface area contributed by atoms with Gasteiger partial charge < -0.3 is 15.2 Å². The highest BCUT2D eigenvalue weighted by atomic mass is 16.5. The number of rotatable bonds is 6. The average Bonchev–Trinajstić information content (AvgIpc) is 2.29. The molecule has 1 aromatic rings. The minimum Gasteiger partial charge on any atom is -0.478 e. The quantitative estimate of drug-likeness (QED) is 0.793. The Morgan fingerprint density at radius 1 is 1.39 bits per heavy atom. The maximum atomic E-state index is 11.7. The van der Waals surface area contributed by atoms with E-state index in [4.69, 9.17) is 9.84 Å². The van der Waals surface area contributed by atoms with E-state index in [-0.39, 0.29) is 23.9 Å². The number of hydrogen-bond donors (Lipinski definition) is 2. The van der Waals surface area contributed by atoms with Gasteiger partial charge in [-0.1, -0.05) is 18.2 Å². The van der Waals surface area contributed by atoms with Gasteiger partial charge in [-0.05, 0) is 18.6 Å². The molecule has 0 heterocycles. The Morgan fingerprint density at radius 3 is 2.67 bits per heavy atom. The zero-order valence-electron chi connectivity index (χ0n) is 10.5. The van der Waals surface area contributed by atoms with Crippen LogP contribution in [-0.2, 0) is 16.0 Å². The highest BCUT2D eigenvalue weighted by Crippen LogP contribution is 2.09. The standard InChI is InChI=1S/C13H17NO4/c1-9(8-18-2)14-12(15)7-10-5-3-4-6-11(10)13(16)17/h3-6,9H,7-8H2,1-2H3,(H,14,15)(H,16,17). The molecule has 5 nitrogen and oxygen atoms in total. The first-order valence-corrected chi connectivity index (χ1v) is 5.64. The van der Waals surface area contributed by atoms with Crippen LogP contribution in [0, 0.1) is 0 Å². The Hall–Kier alpha value is -1.88. The second-order valence-electron chi connectivity index (χ2n) is 4.06. The number of aromatic carboxylic acids is 1. The molecule has 2 N–H and O–H groups in total. The lowest BCUT2D eigenvalue weighted by Gasteiger charge is -2.13. The van der Waals surface area contributed by atoms with Crippen molar-refractivity contribution in [3.63, 3.8) is 0 Å². The molecule has 1 unspecified atom stereocenters. The summed E-state index contributed by atoms with van der Waals surface area (Å²) in [5.74, 6) is -1.24. The molecule has 1 amide bonds. The van der Waals surface area contributed by atoms with Crippen LogP contribution in [0.4, 0.5) is 0 Å². The fourth-order valence-corrected chi connectivity index (χ4v) is 1.67. The van der Waals surface area contributed by atoms with Gasteiger partial charge in [0.1, 0.15) is 0 Å². The van der Waals surface area contributed by atoms with Gasteiger partial charge in [-0.2, -0.15) is 0 Å². The molecule has 98 valence electrons. The number of ether oxygens (including phenoxy) is 1. The van der Waals surface area contributed by atoms with Gasteiger partial charge in [-0.15, -0.1) is 0 Å². The average molecular weight is 251 g/mol. The number of benzene rings is 1. The zero-order valence-corrected chi connectivity index (χ0v) is 10.5. The smallest absolute Gasteiger partial charge is 0.335 e. The molecule has 1 rings (SSSR count). The third-order valence-corrected chi connectivity index (χ3v) is 2.42. The molecule has 5 heteroatoms. The Kier molecular flexibility index (Phi) is 5.32. The Balaban J connectivity index is 2.67. The molecule has 0 aromatic heterocycles. The summed E-state index contributed by atoms with van der Waals surface area (Å²) in [6.07, 6.45) is 0.0521. The first-order valence-electron chi connectivity index (χ1n) is 5.64. The largest absolute Gasteiger partial charge is 0.478 e. The van der Waals surface area contributed by atoms with Gasteiger partial charge in [0.05, 0.1) is 18.6 Å². The summed E-state index contributed by atoms with van der Waals surface area (Å²) >= 11 is 0. The number of methoxy groups -OCH3 is 1. The molecule has 1 aromatic carbocycles. The van der Waals surface area contributed by atoms with Gasteiger partial charge in [-0.25, -0.2) is 4.79 Å². The van der Waals surface area contributed by atoms with Gasteiger partial charge in [-0.3, -0.25) is 4.79 Å². The van der Waals surface area contributed by atoms with Crippen LogP contribution in [0.15, 0.2) is 24.3 Å². The van der Waals surface area contributed by atoms with Crippen molar-refractivity contribution in [2.75, 3.05) is 13.7 Å². The van der Waals surface area contributed by atoms with Gasteiger partial charge in [0.25, 0.3) is 0 Å². The lowest BCUT2D eigenvalue weighted by molar-refractivity contribution is -0.121. The zero-order chi connectivity index (χ0) is 13.5. The van der Waals surface area contributed by atoms with E-state index in [0.29, 0.717) is 12.2 Å². The molecule has 18 heavy (non-hydrogen) atoms. The summed E-state index contributed by atoms with van der Waals surface area (Å²) < 4.78 is 4.91. The van der Waals surface area contributed by atoms with Crippen LogP contribution < -0.4 is 5.32 Å². The second-order valence-corrected chi connectivity index (χ2v) is 4.06. The molecule has 0 radical (unpaired) electrons. The Bertz CT molecular complexity index is 431. The maximum absolute atomic E-state index is 11.7. The predicted molar refractivity (Wildman–Crippen MR) is 66.6 cm³/mol. The van der Waals surface area contributed by atoms with E-state index in [1.807, 2.05) is 6.92 Å². The highest BCUT2D eigenvalue weighted by Gasteiger charge is 2.13. The van der Waals surface area contributed by atoms with Crippen molar-refractivity contribution in [2.45, 2.75) is 19.4 Å². The van der Waals surface area contributed by atoms with Gasteiger partial charge in [0, 0.05) is 13.2 Å². The van der Waals surface area contributed by atoms with Crippen LogP contribution in [0.5, 0.6) is 0 Å². The van der Waals surface area contributed by atoms with Crippen molar-refractivity contribution in [2.24, 2.45) is 0 Å². The number of carboxylic acid groups (broad SMARTS) is 1. The molecule has 0 spiro atoms. The van der Waals surface area contributed by atoms with Crippen LogP contribution in [0.2, 0.25) is 0 Å². The Labute approximate surface area is 106 Å². The number of nitrogens with one attached hydrogen (secondary N) is 1. The van der Waals surface area contributed by atoms with Crippen molar-refractivity contribution in [3.05, 3.63) is 35.4 Å². The minimum absolute atomic E-state index is 0.0521. The number of carbonyl (C=O) groups excluding carboxylic acids is 1. The highest BCUT2D eigenvalue weighted by molar-refractivity contribution is 5.91. The summed E-state index contributed by atoms with van der Waals surface area (Å²) in [4.78, 5) is 22.7. The summed E-state index contributed by atoms with van der Waals surface area (Å²) in [7, 11) is 1.56. The van der Waals surface area contributed by atoms with Crippen LogP contribution >= 0.6 is 0 Å². The topological polar surface area (TPSA) is 75.6 Å². The molecule has 0 aliphatic carbocycles. The van der Waals surface area contributed by atoms with Crippen LogP contribution in [0.1, 0.15) is 22.8 Å². The summed E-state index contributed by atoms with van der Waals surface area (Å²) in [5, 5.41) is 11.7. The summed E-state index contributed by atoms with van der Waals surface area (Å²) in [6.45, 7) is 2.25. The summed E-state index contributed by atoms with van der Waals surface area (Å²) in [5.41, 5.74) is 0.666. The number of hydrogen-bond acceptors (Lipinski definition) is 3. The first-order chi connectivity index (χ1) is 8.54. The van der Waals surface area contributed by atoms with Gasteiger partial charge in [0.2, 0.25) is 5.91 Å². The number of carboxylic acids is 1. The van der Waals surface area contributed by atoms with Gasteiger partial charge >= 0.3 is 5.97 Å². The molecular formula is C13H17NO4. The fraction of sp³-hybridized carbons (Fsp3) is 0.385. The van der Waals surface area contributed by atoms with E-state index in [1.165, 1.54) is 6.07 Å². The molecule has 0 bridgehead atoms. The Morgan fingerprint density at radius 2 is 2.06 bits per heavy atom. The first kappa shape index (κ1) is 14.2. The second kappa shape index (κ2) is 6.76. The molecule has 0 aliphatic heterocycles. The van der Waals surface area contributed by atoms with E-state index in [2.05, 4.69) is 5.32 Å². The third-order valence-electron chi connectivity index (χ3n) is 2.42. The monoisotopic (exact) mass is 251 g/mol. The van der Waals surface area contributed by atoms with Gasteiger partial charge in [0.15, 0.2) is 0 Å². The van der Waals surface area contributed by atoms with E-state index < -0.39 is 5.97 Å². The molecule has 0 fully saturated rings. The molecule has 0 aliphatic rings. The van der Waals surface area contributed by atoms with E-state index in [1.54, 1.807) is 25.3 Å². The number of carbonyl (C=O) groups is 2.